The predicted molar refractivity (Wildman–Crippen MR) is 73.7 cm³/mol. The van der Waals surface area contributed by atoms with Gasteiger partial charge in [0.25, 0.3) is 0 Å². The number of rotatable bonds is 6. The standard InChI is InChI=1S/C15H22N2O/c1-3-11(2)16-10-15(18)17-9-13-8-12-6-4-5-7-14(12)13/h4-7,11,13,16H,3,8-10H2,1-2H3,(H,17,18). The van der Waals surface area contributed by atoms with Crippen molar-refractivity contribution < 1.29 is 4.79 Å². The number of amides is 1. The third-order valence-electron chi connectivity index (χ3n) is 3.73. The molecule has 0 bridgehead atoms. The van der Waals surface area contributed by atoms with E-state index in [-0.39, 0.29) is 5.91 Å². The summed E-state index contributed by atoms with van der Waals surface area (Å²) in [6.45, 7) is 5.39. The second-order valence-corrected chi connectivity index (χ2v) is 5.09. The fourth-order valence-electron chi connectivity index (χ4n) is 2.26. The lowest BCUT2D eigenvalue weighted by Gasteiger charge is -2.30. The molecule has 0 saturated heterocycles. The zero-order valence-electron chi connectivity index (χ0n) is 11.2. The Balaban J connectivity index is 1.69. The van der Waals surface area contributed by atoms with Crippen LogP contribution in [0, 0.1) is 0 Å². The SMILES string of the molecule is CCC(C)NCC(=O)NCC1Cc2ccccc21. The second-order valence-electron chi connectivity index (χ2n) is 5.09. The molecule has 18 heavy (non-hydrogen) atoms. The van der Waals surface area contributed by atoms with Crippen molar-refractivity contribution in [3.63, 3.8) is 0 Å². The molecule has 0 radical (unpaired) electrons. The smallest absolute Gasteiger partial charge is 0.233 e. The number of carbonyl (C=O) groups is 1. The third-order valence-corrected chi connectivity index (χ3v) is 3.73. The molecule has 0 heterocycles. The van der Waals surface area contributed by atoms with Crippen LogP contribution in [0.3, 0.4) is 0 Å². The summed E-state index contributed by atoms with van der Waals surface area (Å²) in [5, 5.41) is 6.20. The molecule has 3 heteroatoms. The fourth-order valence-corrected chi connectivity index (χ4v) is 2.26. The molecule has 2 N–H and O–H groups in total. The van der Waals surface area contributed by atoms with Gasteiger partial charge in [-0.1, -0.05) is 31.2 Å². The number of hydrogen-bond acceptors (Lipinski definition) is 2. The minimum atomic E-state index is 0.0969. The molecule has 0 aliphatic heterocycles. The highest BCUT2D eigenvalue weighted by Gasteiger charge is 2.25. The molecule has 1 aromatic carbocycles. The second kappa shape index (κ2) is 6.01. The van der Waals surface area contributed by atoms with Gasteiger partial charge in [-0.3, -0.25) is 4.79 Å². The average Bonchev–Trinajstić information content (AvgIpc) is 2.37. The maximum absolute atomic E-state index is 11.6. The summed E-state index contributed by atoms with van der Waals surface area (Å²) < 4.78 is 0. The van der Waals surface area contributed by atoms with Crippen molar-refractivity contribution in [2.75, 3.05) is 13.1 Å². The Hall–Kier alpha value is -1.35. The summed E-state index contributed by atoms with van der Waals surface area (Å²) in [5.74, 6) is 0.605. The zero-order chi connectivity index (χ0) is 13.0. The van der Waals surface area contributed by atoms with Crippen LogP contribution in [0.15, 0.2) is 24.3 Å². The predicted octanol–water partition coefficient (Wildman–Crippen LogP) is 1.83. The molecule has 1 aromatic rings. The van der Waals surface area contributed by atoms with Gasteiger partial charge >= 0.3 is 0 Å². The van der Waals surface area contributed by atoms with E-state index in [0.29, 0.717) is 18.5 Å². The van der Waals surface area contributed by atoms with Gasteiger partial charge in [-0.05, 0) is 30.9 Å². The van der Waals surface area contributed by atoms with E-state index >= 15 is 0 Å². The minimum absolute atomic E-state index is 0.0969. The van der Waals surface area contributed by atoms with Crippen LogP contribution in [-0.2, 0) is 11.2 Å². The molecular formula is C15H22N2O. The Bertz CT molecular complexity index is 417. The van der Waals surface area contributed by atoms with Gasteiger partial charge in [0.1, 0.15) is 0 Å². The Morgan fingerprint density at radius 1 is 1.44 bits per heavy atom. The van der Waals surface area contributed by atoms with Crippen molar-refractivity contribution in [1.82, 2.24) is 10.6 Å². The monoisotopic (exact) mass is 246 g/mol. The Morgan fingerprint density at radius 3 is 2.94 bits per heavy atom. The summed E-state index contributed by atoms with van der Waals surface area (Å²) in [6, 6.07) is 8.87. The number of nitrogens with one attached hydrogen (secondary N) is 2. The Morgan fingerprint density at radius 2 is 2.22 bits per heavy atom. The molecule has 1 aliphatic rings. The molecular weight excluding hydrogens is 224 g/mol. The molecule has 0 spiro atoms. The van der Waals surface area contributed by atoms with E-state index in [1.165, 1.54) is 11.1 Å². The largest absolute Gasteiger partial charge is 0.354 e. The number of fused-ring (bicyclic) bond motifs is 1. The van der Waals surface area contributed by atoms with Gasteiger partial charge < -0.3 is 10.6 Å². The molecule has 98 valence electrons. The van der Waals surface area contributed by atoms with Gasteiger partial charge in [0, 0.05) is 18.5 Å². The zero-order valence-corrected chi connectivity index (χ0v) is 11.2. The van der Waals surface area contributed by atoms with E-state index in [1.807, 2.05) is 0 Å². The molecule has 3 nitrogen and oxygen atoms in total. The highest BCUT2D eigenvalue weighted by Crippen LogP contribution is 2.33. The minimum Gasteiger partial charge on any atom is -0.354 e. The molecule has 0 aromatic heterocycles. The van der Waals surface area contributed by atoms with Gasteiger partial charge in [-0.15, -0.1) is 0 Å². The quantitative estimate of drug-likeness (QED) is 0.804. The summed E-state index contributed by atoms with van der Waals surface area (Å²) in [6.07, 6.45) is 2.14. The maximum Gasteiger partial charge on any atom is 0.233 e. The van der Waals surface area contributed by atoms with Crippen molar-refractivity contribution in [3.05, 3.63) is 35.4 Å². The van der Waals surface area contributed by atoms with Crippen LogP contribution in [0.5, 0.6) is 0 Å². The van der Waals surface area contributed by atoms with Gasteiger partial charge in [0.05, 0.1) is 6.54 Å². The highest BCUT2D eigenvalue weighted by atomic mass is 16.1. The fraction of sp³-hybridized carbons (Fsp3) is 0.533. The molecule has 2 rings (SSSR count). The van der Waals surface area contributed by atoms with E-state index in [1.54, 1.807) is 0 Å². The lowest BCUT2D eigenvalue weighted by Crippen LogP contribution is -2.40. The summed E-state index contributed by atoms with van der Waals surface area (Å²) >= 11 is 0. The molecule has 2 unspecified atom stereocenters. The van der Waals surface area contributed by atoms with Crippen molar-refractivity contribution in [2.24, 2.45) is 0 Å². The number of benzene rings is 1. The van der Waals surface area contributed by atoms with Crippen LogP contribution in [0.4, 0.5) is 0 Å². The molecule has 0 fully saturated rings. The maximum atomic E-state index is 11.6. The van der Waals surface area contributed by atoms with Crippen LogP contribution in [0.1, 0.15) is 37.3 Å². The van der Waals surface area contributed by atoms with Gasteiger partial charge in [0.2, 0.25) is 5.91 Å². The first-order valence-electron chi connectivity index (χ1n) is 6.78. The van der Waals surface area contributed by atoms with Gasteiger partial charge in [-0.2, -0.15) is 0 Å². The molecule has 2 atom stereocenters. The van der Waals surface area contributed by atoms with Crippen molar-refractivity contribution in [1.29, 1.82) is 0 Å². The van der Waals surface area contributed by atoms with Crippen LogP contribution in [0.25, 0.3) is 0 Å². The molecule has 1 aliphatic carbocycles. The average molecular weight is 246 g/mol. The van der Waals surface area contributed by atoms with Crippen molar-refractivity contribution in [2.45, 2.75) is 38.6 Å². The van der Waals surface area contributed by atoms with Crippen LogP contribution in [-0.4, -0.2) is 25.0 Å². The molecule has 1 amide bonds. The topological polar surface area (TPSA) is 41.1 Å². The third kappa shape index (κ3) is 3.10. The summed E-state index contributed by atoms with van der Waals surface area (Å²) in [4.78, 5) is 11.6. The lowest BCUT2D eigenvalue weighted by atomic mass is 9.77. The first-order chi connectivity index (χ1) is 8.70. The Kier molecular flexibility index (Phi) is 4.37. The van der Waals surface area contributed by atoms with Gasteiger partial charge in [0.15, 0.2) is 0 Å². The normalized spacial score (nSPS) is 18.7. The van der Waals surface area contributed by atoms with E-state index in [9.17, 15) is 4.79 Å². The highest BCUT2D eigenvalue weighted by molar-refractivity contribution is 5.78. The summed E-state index contributed by atoms with van der Waals surface area (Å²) in [5.41, 5.74) is 2.82. The van der Waals surface area contributed by atoms with Gasteiger partial charge in [-0.25, -0.2) is 0 Å². The summed E-state index contributed by atoms with van der Waals surface area (Å²) in [7, 11) is 0. The lowest BCUT2D eigenvalue weighted by molar-refractivity contribution is -0.120. The van der Waals surface area contributed by atoms with Crippen LogP contribution >= 0.6 is 0 Å². The van der Waals surface area contributed by atoms with E-state index < -0.39 is 0 Å². The number of carbonyl (C=O) groups excluding carboxylic acids is 1. The molecule has 0 saturated carbocycles. The van der Waals surface area contributed by atoms with E-state index in [4.69, 9.17) is 0 Å². The van der Waals surface area contributed by atoms with E-state index in [2.05, 4.69) is 48.7 Å². The first-order valence-corrected chi connectivity index (χ1v) is 6.78. The van der Waals surface area contributed by atoms with Crippen LogP contribution < -0.4 is 10.6 Å². The van der Waals surface area contributed by atoms with Crippen molar-refractivity contribution >= 4 is 5.91 Å². The Labute approximate surface area is 109 Å². The van der Waals surface area contributed by atoms with Crippen LogP contribution in [0.2, 0.25) is 0 Å². The van der Waals surface area contributed by atoms with E-state index in [0.717, 1.165) is 19.4 Å². The first kappa shape index (κ1) is 13.1. The van der Waals surface area contributed by atoms with Crippen molar-refractivity contribution in [3.8, 4) is 0 Å². The number of hydrogen-bond donors (Lipinski definition) is 2.